The molecule has 4 aromatic rings. The fourth-order valence-electron chi connectivity index (χ4n) is 8.85. The van der Waals surface area contributed by atoms with Crippen molar-refractivity contribution in [2.45, 2.75) is 125 Å². The third kappa shape index (κ3) is 18.1. The molecule has 0 aromatic heterocycles. The number of aliphatic hydroxyl groups is 2. The van der Waals surface area contributed by atoms with Crippen molar-refractivity contribution in [2.24, 2.45) is 29.4 Å². The Kier molecular flexibility index (Phi) is 15.3. The second kappa shape index (κ2) is 30.2. The van der Waals surface area contributed by atoms with Crippen LogP contribution in [0.5, 0.6) is 0 Å². The number of benzene rings is 4. The minimum Gasteiger partial charge on any atom is -0.443 e. The van der Waals surface area contributed by atoms with Crippen LogP contribution < -0.4 is 22.5 Å². The van der Waals surface area contributed by atoms with E-state index in [1.807, 2.05) is 0 Å². The number of sulfonamides is 2. The SMILES string of the molecule is [2H]C([2H])([2H])C([2H])(CN(C[C@@H](O)[C@@H](N)Cc1ccccc1)S(=O)(=O)c1ccc(N)cc1)C([2H])([2H])[2H].[2H]C([2H])([2H])C([2H])(CN(C[C@@H](O)[C@H](Cc1ccccc1)NC(=O)O[C@]1([2H])[C@@H]2CCO[C@@H]2OC1([2H])[2H])S(=O)(=O)c1ccc(N)cc1)C([2H])([2H])[2H].[2H]C1([2H])O[C@H]2OCC[C@H]2[C@@]1([2H])OC(=O)ON1C(=O)CCC1=O. The molecule has 4 aromatic carbocycles. The summed E-state index contributed by atoms with van der Waals surface area (Å²) < 4.78 is 244. The molecule has 24 nitrogen and oxygen atoms in total. The summed E-state index contributed by atoms with van der Waals surface area (Å²) in [6.45, 7) is -23.1. The number of aliphatic hydroxyl groups excluding tert-OH is 2. The number of hydroxylamine groups is 2. The van der Waals surface area contributed by atoms with Crippen LogP contribution in [0, 0.1) is 23.6 Å². The average Bonchev–Trinajstić information content (AvgIpc) is 1.47. The maximum Gasteiger partial charge on any atom is 0.534 e. The standard InChI is InChI=1S/C27H37N3O7S.C20H29N3O3S.C11H13NO7/c1-18(2)15-30(38(33,34)21-10-8-20(28)9-11-21)16-24(31)23(14-19-6-4-3-5-7-19)29-27(32)37-25-17-36-26-22(25)12-13-35-26;1-15(2)13-23(27(25,26)18-10-8-17(21)9-11-18)14-20(24)19(22)12-16-6-4-3-5-7-16;13-8-1-2-9(14)12(8)19-11(15)18-7-5-17-10-6(7)3-4-16-10/h3-11,18,22-26,31H,12-17,28H2,1-2H3,(H,29,32);3-11,15,19-20,24H,12-14,21-22H2,1-2H3;6-7,10H,1-5H2/t22-,23-,24+,25-,26+;19-,20+;6-,7-,10+/m000/s1/i1D3,2D3,17D2,18D,25D;1D3,2D3,15D;5D2,7D. The van der Waals surface area contributed by atoms with Crippen LogP contribution in [0.4, 0.5) is 21.0 Å². The number of ether oxygens (including phenoxy) is 6. The molecule has 5 aliphatic heterocycles. The van der Waals surface area contributed by atoms with Crippen molar-refractivity contribution in [3.05, 3.63) is 120 Å². The zero-order valence-electron chi connectivity index (χ0n) is 64.9. The van der Waals surface area contributed by atoms with Crippen molar-refractivity contribution in [3.63, 3.8) is 0 Å². The van der Waals surface area contributed by atoms with Crippen molar-refractivity contribution >= 4 is 55.5 Å². The summed E-state index contributed by atoms with van der Waals surface area (Å²) in [4.78, 5) is 51.5. The first-order chi connectivity index (χ1) is 47.7. The van der Waals surface area contributed by atoms with Gasteiger partial charge >= 0.3 is 12.2 Å². The van der Waals surface area contributed by atoms with E-state index in [4.69, 9.17) is 73.0 Å². The van der Waals surface area contributed by atoms with Crippen LogP contribution >= 0.6 is 0 Å². The second-order valence-corrected chi connectivity index (χ2v) is 23.3. The van der Waals surface area contributed by atoms with Gasteiger partial charge in [-0.15, -0.1) is 0 Å². The first-order valence-corrected chi connectivity index (χ1v) is 28.9. The Morgan fingerprint density at radius 2 is 1.12 bits per heavy atom. The van der Waals surface area contributed by atoms with Gasteiger partial charge in [0.1, 0.15) is 12.2 Å². The molecule has 10 atom stereocenters. The van der Waals surface area contributed by atoms with Crippen molar-refractivity contribution in [3.8, 4) is 0 Å². The largest absolute Gasteiger partial charge is 0.534 e. The van der Waals surface area contributed by atoms with Crippen LogP contribution in [0.3, 0.4) is 0 Å². The van der Waals surface area contributed by atoms with E-state index in [1.54, 1.807) is 60.7 Å². The number of nitrogens with two attached hydrogens (primary N) is 3. The Labute approximate surface area is 518 Å². The molecular weight excluding hydrogens is 1130 g/mol. The maximum absolute atomic E-state index is 13.9. The van der Waals surface area contributed by atoms with E-state index < -0.39 is 188 Å². The quantitative estimate of drug-likeness (QED) is 0.0365. The van der Waals surface area contributed by atoms with E-state index in [9.17, 15) is 46.2 Å². The minimum absolute atomic E-state index is 0.0827. The van der Waals surface area contributed by atoms with E-state index in [2.05, 4.69) is 10.2 Å². The number of nitrogens with one attached hydrogen (secondary N) is 1. The first-order valence-electron chi connectivity index (χ1n) is 36.0. The van der Waals surface area contributed by atoms with Crippen molar-refractivity contribution < 1.29 is 107 Å². The molecule has 84 heavy (non-hydrogen) atoms. The van der Waals surface area contributed by atoms with Gasteiger partial charge in [0.25, 0.3) is 11.8 Å². The lowest BCUT2D eigenvalue weighted by atomic mass is 10.0. The fraction of sp³-hybridized carbons (Fsp3) is 0.517. The molecule has 26 heteroatoms. The number of alkyl carbamates (subject to hydrolysis) is 1. The molecule has 5 saturated heterocycles. The lowest BCUT2D eigenvalue weighted by Crippen LogP contribution is -2.51. The molecule has 3 amide bonds. The summed E-state index contributed by atoms with van der Waals surface area (Å²) in [5, 5.41) is 24.9. The van der Waals surface area contributed by atoms with Gasteiger partial charge in [-0.25, -0.2) is 26.4 Å². The van der Waals surface area contributed by atoms with Crippen LogP contribution in [0.25, 0.3) is 0 Å². The Morgan fingerprint density at radius 3 is 1.58 bits per heavy atom. The van der Waals surface area contributed by atoms with E-state index in [1.165, 1.54) is 36.4 Å². The number of anilines is 2. The number of carbonyl (C=O) groups excluding carboxylic acids is 4. The van der Waals surface area contributed by atoms with Crippen molar-refractivity contribution in [1.82, 2.24) is 19.0 Å². The summed E-state index contributed by atoms with van der Waals surface area (Å²) in [6.07, 6.45) is -13.1. The first kappa shape index (κ1) is 42.5. The van der Waals surface area contributed by atoms with Crippen molar-refractivity contribution in [2.75, 3.05) is 64.0 Å². The summed E-state index contributed by atoms with van der Waals surface area (Å²) in [5.41, 5.74) is 19.1. The summed E-state index contributed by atoms with van der Waals surface area (Å²) in [5.74, 6) is -9.74. The Morgan fingerprint density at radius 1 is 0.679 bits per heavy atom. The molecular formula is C58H79N7O17S2. The molecule has 5 aliphatic rings. The van der Waals surface area contributed by atoms with E-state index in [0.717, 1.165) is 17.7 Å². The monoisotopic (exact) mass is 1230 g/mol. The molecule has 5 heterocycles. The zero-order chi connectivity index (χ0) is 78.0. The highest BCUT2D eigenvalue weighted by molar-refractivity contribution is 7.89. The molecule has 0 aliphatic carbocycles. The summed E-state index contributed by atoms with van der Waals surface area (Å²) in [7, 11) is -9.34. The molecule has 0 bridgehead atoms. The number of imide groups is 1. The minimum atomic E-state index is -4.81. The van der Waals surface area contributed by atoms with Crippen LogP contribution in [0.1, 0.15) is 91.6 Å². The lowest BCUT2D eigenvalue weighted by molar-refractivity contribution is -0.179. The highest BCUT2D eigenvalue weighted by Gasteiger charge is 2.46. The number of fused-ring (bicyclic) bond motifs is 2. The number of hydrogen-bond acceptors (Lipinski definition) is 20. The number of nitrogen functional groups attached to an aromatic ring is 2. The molecule has 0 saturated carbocycles. The van der Waals surface area contributed by atoms with E-state index >= 15 is 0 Å². The van der Waals surface area contributed by atoms with Gasteiger partial charge in [-0.1, -0.05) is 93.1 Å². The van der Waals surface area contributed by atoms with Gasteiger partial charge in [-0.05, 0) is 97.1 Å². The topological polar surface area (TPSA) is 341 Å². The zero-order valence-corrected chi connectivity index (χ0v) is 46.5. The number of carbonyl (C=O) groups is 4. The molecule has 0 unspecified atom stereocenters. The fourth-order valence-corrected chi connectivity index (χ4v) is 11.7. The molecule has 9 rings (SSSR count). The highest BCUT2D eigenvalue weighted by Crippen LogP contribution is 2.34. The number of rotatable bonds is 22. The number of amides is 3. The molecule has 0 spiro atoms. The Hall–Kier alpha value is -6.30. The van der Waals surface area contributed by atoms with Crippen LogP contribution in [0.15, 0.2) is 119 Å². The Bertz CT molecular complexity index is 3840. The third-order valence-corrected chi connectivity index (χ3v) is 16.9. The third-order valence-electron chi connectivity index (χ3n) is 13.2. The maximum atomic E-state index is 13.9. The van der Waals surface area contributed by atoms with Crippen LogP contribution in [-0.4, -0.2) is 166 Å². The normalized spacial score (nSPS) is 29.9. The van der Waals surface area contributed by atoms with Gasteiger partial charge in [0.2, 0.25) is 20.0 Å². The van der Waals surface area contributed by atoms with Gasteiger partial charge < -0.3 is 61.2 Å². The highest BCUT2D eigenvalue weighted by atomic mass is 32.2. The van der Waals surface area contributed by atoms with E-state index in [0.29, 0.717) is 14.2 Å². The van der Waals surface area contributed by atoms with Crippen LogP contribution in [-0.2, 0) is 75.7 Å². The Balaban J connectivity index is 0.000000234. The average molecular weight is 1230 g/mol. The predicted octanol–water partition coefficient (Wildman–Crippen LogP) is 4.19. The predicted molar refractivity (Wildman–Crippen MR) is 306 cm³/mol. The molecule has 9 N–H and O–H groups in total. The van der Waals surface area contributed by atoms with Gasteiger partial charge in [0, 0.05) is 75.6 Å². The molecule has 460 valence electrons. The number of hydrogen-bond donors (Lipinski definition) is 6. The van der Waals surface area contributed by atoms with Gasteiger partial charge in [0.05, 0.1) is 74.4 Å². The lowest BCUT2D eigenvalue weighted by Gasteiger charge is -2.31. The van der Waals surface area contributed by atoms with Gasteiger partial charge in [0.15, 0.2) is 12.6 Å². The van der Waals surface area contributed by atoms with Gasteiger partial charge in [-0.3, -0.25) is 14.4 Å². The second-order valence-electron chi connectivity index (χ2n) is 19.5. The summed E-state index contributed by atoms with van der Waals surface area (Å²) in [6, 6.07) is 24.4. The molecule has 0 radical (unpaired) electrons. The molecule has 5 fully saturated rings. The smallest absolute Gasteiger partial charge is 0.443 e. The van der Waals surface area contributed by atoms with Gasteiger partial charge in [-0.2, -0.15) is 8.61 Å². The summed E-state index contributed by atoms with van der Waals surface area (Å²) >= 11 is 0. The van der Waals surface area contributed by atoms with Crippen molar-refractivity contribution in [1.29, 1.82) is 0 Å². The van der Waals surface area contributed by atoms with Crippen LogP contribution in [0.2, 0.25) is 0 Å². The number of nitrogens with zero attached hydrogens (tertiary/aromatic N) is 3. The van der Waals surface area contributed by atoms with E-state index in [-0.39, 0.29) is 73.1 Å².